The summed E-state index contributed by atoms with van der Waals surface area (Å²) in [5.41, 5.74) is -0.906. The van der Waals surface area contributed by atoms with Crippen molar-refractivity contribution in [1.82, 2.24) is 5.32 Å². The van der Waals surface area contributed by atoms with Crippen LogP contribution < -0.4 is 15.5 Å². The van der Waals surface area contributed by atoms with Crippen LogP contribution in [0.5, 0.6) is 11.5 Å². The minimum atomic E-state index is -1.03. The van der Waals surface area contributed by atoms with E-state index in [4.69, 9.17) is 23.5 Å². The maximum Gasteiger partial charge on any atom is 0.498 e. The number of phenolic OH excluding ortho intramolecular Hbond substituents is 1. The number of nitrogens with one attached hydrogen (secondary N) is 1. The van der Waals surface area contributed by atoms with Crippen LogP contribution in [0, 0.1) is 0 Å². The van der Waals surface area contributed by atoms with Crippen LogP contribution in [0.4, 0.5) is 4.79 Å². The number of carbonyl (C=O) groups excluding carboxylic acids is 2. The van der Waals surface area contributed by atoms with E-state index in [0.717, 1.165) is 0 Å². The van der Waals surface area contributed by atoms with Crippen molar-refractivity contribution < 1.29 is 38.2 Å². The van der Waals surface area contributed by atoms with Crippen LogP contribution in [-0.4, -0.2) is 61.4 Å². The smallest absolute Gasteiger partial charge is 0.498 e. The third kappa shape index (κ3) is 5.86. The van der Waals surface area contributed by atoms with Crippen molar-refractivity contribution in [3.05, 3.63) is 17.7 Å². The second kappa shape index (κ2) is 9.19. The molecular weight excluding hydrogens is 417 g/mol. The third-order valence-corrected chi connectivity index (χ3v) is 5.49. The summed E-state index contributed by atoms with van der Waals surface area (Å²) in [6.45, 7) is 12.8. The molecule has 1 amide bonds. The number of rotatable bonds is 6. The lowest BCUT2D eigenvalue weighted by atomic mass is 9.77. The topological polar surface area (TPSA) is 113 Å². The number of methoxy groups -OCH3 is 2. The average Bonchev–Trinajstić information content (AvgIpc) is 2.85. The molecule has 1 heterocycles. The summed E-state index contributed by atoms with van der Waals surface area (Å²) < 4.78 is 27.7. The van der Waals surface area contributed by atoms with E-state index >= 15 is 0 Å². The lowest BCUT2D eigenvalue weighted by Crippen LogP contribution is -2.45. The van der Waals surface area contributed by atoms with Crippen molar-refractivity contribution in [2.45, 2.75) is 77.7 Å². The largest absolute Gasteiger partial charge is 0.504 e. The predicted molar refractivity (Wildman–Crippen MR) is 119 cm³/mol. The highest BCUT2D eigenvalue weighted by Gasteiger charge is 2.52. The van der Waals surface area contributed by atoms with E-state index in [1.54, 1.807) is 26.8 Å². The Bertz CT molecular complexity index is 846. The van der Waals surface area contributed by atoms with Crippen LogP contribution in [0.3, 0.4) is 0 Å². The van der Waals surface area contributed by atoms with Gasteiger partial charge >= 0.3 is 19.2 Å². The Kier molecular flexibility index (Phi) is 7.41. The molecule has 1 unspecified atom stereocenters. The zero-order valence-electron chi connectivity index (χ0n) is 20.3. The quantitative estimate of drug-likeness (QED) is 0.501. The number of aromatic hydroxyl groups is 1. The number of benzene rings is 1. The molecular formula is C22H34BNO8. The second-order valence-electron chi connectivity index (χ2n) is 9.75. The number of hydrogen-bond acceptors (Lipinski definition) is 8. The first-order valence-corrected chi connectivity index (χ1v) is 10.4. The lowest BCUT2D eigenvalue weighted by Gasteiger charge is -2.32. The summed E-state index contributed by atoms with van der Waals surface area (Å²) in [4.78, 5) is 24.5. The molecule has 9 nitrogen and oxygen atoms in total. The highest BCUT2D eigenvalue weighted by molar-refractivity contribution is 6.63. The third-order valence-electron chi connectivity index (χ3n) is 5.49. The molecule has 2 rings (SSSR count). The van der Waals surface area contributed by atoms with Crippen molar-refractivity contribution in [1.29, 1.82) is 0 Å². The molecule has 1 aromatic rings. The fourth-order valence-electron chi connectivity index (χ4n) is 3.20. The zero-order chi connectivity index (χ0) is 24.5. The van der Waals surface area contributed by atoms with E-state index in [1.807, 2.05) is 27.7 Å². The molecule has 1 atom stereocenters. The first kappa shape index (κ1) is 25.8. The van der Waals surface area contributed by atoms with Gasteiger partial charge in [-0.25, -0.2) is 9.59 Å². The molecule has 10 heteroatoms. The van der Waals surface area contributed by atoms with Gasteiger partial charge in [0.2, 0.25) is 0 Å². The zero-order valence-corrected chi connectivity index (χ0v) is 20.3. The van der Waals surface area contributed by atoms with Crippen LogP contribution in [0.25, 0.3) is 0 Å². The summed E-state index contributed by atoms with van der Waals surface area (Å²) in [7, 11) is 1.87. The summed E-state index contributed by atoms with van der Waals surface area (Å²) >= 11 is 0. The molecule has 1 saturated heterocycles. The minimum absolute atomic E-state index is 0.0377. The van der Waals surface area contributed by atoms with E-state index in [2.05, 4.69) is 5.32 Å². The second-order valence-corrected chi connectivity index (χ2v) is 9.75. The molecule has 0 bridgehead atoms. The Morgan fingerprint density at radius 1 is 1.12 bits per heavy atom. The van der Waals surface area contributed by atoms with Gasteiger partial charge < -0.3 is 33.9 Å². The van der Waals surface area contributed by atoms with E-state index in [-0.39, 0.29) is 17.9 Å². The Morgan fingerprint density at radius 3 is 2.16 bits per heavy atom. The molecule has 178 valence electrons. The monoisotopic (exact) mass is 451 g/mol. The summed E-state index contributed by atoms with van der Waals surface area (Å²) in [6.07, 6.45) is -0.715. The maximum atomic E-state index is 12.3. The van der Waals surface area contributed by atoms with Gasteiger partial charge in [0.1, 0.15) is 11.6 Å². The number of esters is 1. The van der Waals surface area contributed by atoms with Crippen molar-refractivity contribution in [2.24, 2.45) is 0 Å². The number of phenols is 1. The molecule has 1 aliphatic heterocycles. The number of carbonyl (C=O) groups is 2. The lowest BCUT2D eigenvalue weighted by molar-refractivity contribution is -0.143. The first-order chi connectivity index (χ1) is 14.6. The molecule has 1 fully saturated rings. The normalized spacial score (nSPS) is 18.1. The summed E-state index contributed by atoms with van der Waals surface area (Å²) in [5.74, 6) is -0.582. The molecule has 0 aliphatic carbocycles. The standard InChI is InChI=1S/C22H34BNO8/c1-20(2,3)30-19(27)24-15(18(26)29-9)11-13-10-14(17(28-8)16(25)12-13)23-31-21(4,5)22(6,7)32-23/h10,12,15,25H,11H2,1-9H3,(H,24,27). The minimum Gasteiger partial charge on any atom is -0.504 e. The number of ether oxygens (including phenoxy) is 3. The van der Waals surface area contributed by atoms with Gasteiger partial charge in [-0.15, -0.1) is 0 Å². The van der Waals surface area contributed by atoms with E-state index < -0.39 is 42.0 Å². The molecule has 32 heavy (non-hydrogen) atoms. The maximum absolute atomic E-state index is 12.3. The molecule has 0 saturated carbocycles. The van der Waals surface area contributed by atoms with Gasteiger partial charge in [0.15, 0.2) is 11.5 Å². The molecule has 0 spiro atoms. The fourth-order valence-corrected chi connectivity index (χ4v) is 3.20. The van der Waals surface area contributed by atoms with Crippen molar-refractivity contribution in [3.63, 3.8) is 0 Å². The first-order valence-electron chi connectivity index (χ1n) is 10.4. The number of alkyl carbamates (subject to hydrolysis) is 1. The Hall–Kier alpha value is -2.46. The van der Waals surface area contributed by atoms with Crippen molar-refractivity contribution in [3.8, 4) is 11.5 Å². The molecule has 0 aromatic heterocycles. The fraction of sp³-hybridized carbons (Fsp3) is 0.636. The Balaban J connectivity index is 2.36. The van der Waals surface area contributed by atoms with E-state index in [0.29, 0.717) is 11.0 Å². The summed E-state index contributed by atoms with van der Waals surface area (Å²) in [5, 5.41) is 13.1. The molecule has 1 aliphatic rings. The van der Waals surface area contributed by atoms with Crippen molar-refractivity contribution in [2.75, 3.05) is 14.2 Å². The SMILES string of the molecule is COC(=O)C(Cc1cc(O)c(OC)c(B2OC(C)(C)C(C)(C)O2)c1)NC(=O)OC(C)(C)C. The molecule has 1 aromatic carbocycles. The van der Waals surface area contributed by atoms with Gasteiger partial charge in [-0.1, -0.05) is 6.07 Å². The Morgan fingerprint density at radius 2 is 1.69 bits per heavy atom. The van der Waals surface area contributed by atoms with E-state index in [9.17, 15) is 14.7 Å². The van der Waals surface area contributed by atoms with Gasteiger partial charge in [0.25, 0.3) is 0 Å². The van der Waals surface area contributed by atoms with Crippen LogP contribution in [0.1, 0.15) is 54.0 Å². The van der Waals surface area contributed by atoms with Crippen molar-refractivity contribution >= 4 is 24.6 Å². The predicted octanol–water partition coefficient (Wildman–Crippen LogP) is 2.31. The van der Waals surface area contributed by atoms with Crippen LogP contribution in [0.2, 0.25) is 0 Å². The summed E-state index contributed by atoms with van der Waals surface area (Å²) in [6, 6.07) is 2.14. The van der Waals surface area contributed by atoms with Gasteiger partial charge in [-0.3, -0.25) is 0 Å². The van der Waals surface area contributed by atoms with E-state index in [1.165, 1.54) is 20.3 Å². The molecule has 0 radical (unpaired) electrons. The van der Waals surface area contributed by atoms with Gasteiger partial charge in [-0.05, 0) is 60.1 Å². The van der Waals surface area contributed by atoms with Crippen LogP contribution >= 0.6 is 0 Å². The molecule has 2 N–H and O–H groups in total. The average molecular weight is 451 g/mol. The Labute approximate surface area is 189 Å². The number of amides is 1. The van der Waals surface area contributed by atoms with Crippen LogP contribution in [-0.2, 0) is 30.0 Å². The van der Waals surface area contributed by atoms with Gasteiger partial charge in [0, 0.05) is 11.9 Å². The number of hydrogen-bond donors (Lipinski definition) is 2. The highest BCUT2D eigenvalue weighted by Crippen LogP contribution is 2.38. The van der Waals surface area contributed by atoms with Crippen LogP contribution in [0.15, 0.2) is 12.1 Å². The van der Waals surface area contributed by atoms with Gasteiger partial charge in [0.05, 0.1) is 25.4 Å². The highest BCUT2D eigenvalue weighted by atomic mass is 16.7. The van der Waals surface area contributed by atoms with Gasteiger partial charge in [-0.2, -0.15) is 0 Å².